The number of hydrogen-bond acceptors (Lipinski definition) is 4. The van der Waals surface area contributed by atoms with Crippen molar-refractivity contribution < 1.29 is 17.9 Å². The molecule has 1 aliphatic heterocycles. The minimum Gasteiger partial charge on any atom is -0.379 e. The molecule has 1 amide bonds. The zero-order chi connectivity index (χ0) is 20.5. The molecule has 0 atom stereocenters. The molecule has 1 aromatic rings. The van der Waals surface area contributed by atoms with E-state index in [1.165, 1.54) is 10.4 Å². The van der Waals surface area contributed by atoms with Crippen LogP contribution in [0.25, 0.3) is 0 Å². The van der Waals surface area contributed by atoms with E-state index >= 15 is 0 Å². The van der Waals surface area contributed by atoms with Crippen LogP contribution in [-0.4, -0.2) is 50.5 Å². The summed E-state index contributed by atoms with van der Waals surface area (Å²) >= 11 is 3.31. The van der Waals surface area contributed by atoms with Crippen LogP contribution in [0.1, 0.15) is 51.4 Å². The molecule has 0 spiro atoms. The molecule has 27 heavy (non-hydrogen) atoms. The Labute approximate surface area is 170 Å². The van der Waals surface area contributed by atoms with Gasteiger partial charge in [-0.2, -0.15) is 4.31 Å². The highest BCUT2D eigenvalue weighted by atomic mass is 79.9. The number of nitrogens with one attached hydrogen (secondary N) is 1. The summed E-state index contributed by atoms with van der Waals surface area (Å²) in [5.41, 5.74) is -0.0282. The van der Waals surface area contributed by atoms with Crippen molar-refractivity contribution in [2.75, 3.05) is 26.3 Å². The minimum absolute atomic E-state index is 0.0569. The van der Waals surface area contributed by atoms with Crippen LogP contribution in [-0.2, 0) is 14.8 Å². The Morgan fingerprint density at radius 2 is 1.78 bits per heavy atom. The first-order chi connectivity index (χ1) is 12.3. The third-order valence-electron chi connectivity index (χ3n) is 4.21. The zero-order valence-corrected chi connectivity index (χ0v) is 19.0. The van der Waals surface area contributed by atoms with Gasteiger partial charge in [-0.1, -0.05) is 20.8 Å². The second-order valence-corrected chi connectivity index (χ2v) is 11.5. The molecule has 1 N–H and O–H groups in total. The smallest absolute Gasteiger partial charge is 0.251 e. The van der Waals surface area contributed by atoms with Crippen molar-refractivity contribution in [3.63, 3.8) is 0 Å². The fourth-order valence-electron chi connectivity index (χ4n) is 3.52. The van der Waals surface area contributed by atoms with Crippen LogP contribution in [0.15, 0.2) is 27.6 Å². The Hall–Kier alpha value is -0.960. The summed E-state index contributed by atoms with van der Waals surface area (Å²) in [5.74, 6) is -0.282. The van der Waals surface area contributed by atoms with Gasteiger partial charge in [0.25, 0.3) is 5.91 Å². The van der Waals surface area contributed by atoms with Crippen LogP contribution < -0.4 is 5.32 Å². The van der Waals surface area contributed by atoms with Crippen molar-refractivity contribution in [1.29, 1.82) is 0 Å². The molecule has 0 saturated carbocycles. The molecule has 1 aliphatic rings. The number of nitrogens with zero attached hydrogens (tertiary/aromatic N) is 1. The van der Waals surface area contributed by atoms with Crippen molar-refractivity contribution in [1.82, 2.24) is 9.62 Å². The number of sulfonamides is 1. The molecule has 1 saturated heterocycles. The molecule has 0 bridgehead atoms. The molecule has 0 radical (unpaired) electrons. The normalized spacial score (nSPS) is 17.0. The first-order valence-electron chi connectivity index (χ1n) is 9.02. The number of carbonyl (C=O) groups is 1. The minimum atomic E-state index is -3.69. The number of carbonyl (C=O) groups excluding carboxylic acids is 1. The Morgan fingerprint density at radius 3 is 2.33 bits per heavy atom. The monoisotopic (exact) mass is 460 g/mol. The Morgan fingerprint density at radius 1 is 1.19 bits per heavy atom. The summed E-state index contributed by atoms with van der Waals surface area (Å²) in [5, 5.41) is 3.02. The molecule has 6 nitrogen and oxygen atoms in total. The predicted octanol–water partition coefficient (Wildman–Crippen LogP) is 3.41. The van der Waals surface area contributed by atoms with Gasteiger partial charge in [-0.15, -0.1) is 0 Å². The lowest BCUT2D eigenvalue weighted by Gasteiger charge is -2.33. The number of ether oxygens (including phenoxy) is 1. The van der Waals surface area contributed by atoms with E-state index in [4.69, 9.17) is 4.74 Å². The lowest BCUT2D eigenvalue weighted by Crippen LogP contribution is -2.46. The molecule has 1 fully saturated rings. The molecule has 0 unspecified atom stereocenters. The van der Waals surface area contributed by atoms with Gasteiger partial charge < -0.3 is 10.1 Å². The van der Waals surface area contributed by atoms with Crippen molar-refractivity contribution in [3.8, 4) is 0 Å². The van der Waals surface area contributed by atoms with Gasteiger partial charge in [0.05, 0.1) is 18.1 Å². The molecule has 0 aliphatic carbocycles. The van der Waals surface area contributed by atoms with Gasteiger partial charge in [0.2, 0.25) is 10.0 Å². The maximum Gasteiger partial charge on any atom is 0.251 e. The first-order valence-corrected chi connectivity index (χ1v) is 11.3. The summed E-state index contributed by atoms with van der Waals surface area (Å²) in [7, 11) is -3.69. The second kappa shape index (κ2) is 8.19. The standard InChI is InChI=1S/C19H29BrN2O4S/c1-18(2,3)13-19(4,5)21-17(23)14-6-7-15(20)16(12-14)27(24,25)22-8-10-26-11-9-22/h6-7,12H,8-11,13H2,1-5H3,(H,21,23). The van der Waals surface area contributed by atoms with Crippen LogP contribution in [0.2, 0.25) is 0 Å². The summed E-state index contributed by atoms with van der Waals surface area (Å²) < 4.78 is 33.0. The van der Waals surface area contributed by atoms with Crippen LogP contribution in [0.4, 0.5) is 0 Å². The fraction of sp³-hybridized carbons (Fsp3) is 0.632. The van der Waals surface area contributed by atoms with Gasteiger partial charge in [-0.3, -0.25) is 4.79 Å². The van der Waals surface area contributed by atoms with E-state index in [9.17, 15) is 13.2 Å². The lowest BCUT2D eigenvalue weighted by molar-refractivity contribution is 0.0730. The molecule has 152 valence electrons. The van der Waals surface area contributed by atoms with E-state index in [-0.39, 0.29) is 16.2 Å². The van der Waals surface area contributed by atoms with Crippen molar-refractivity contribution in [3.05, 3.63) is 28.2 Å². The first kappa shape index (κ1) is 22.3. The summed E-state index contributed by atoms with van der Waals surface area (Å²) in [6.07, 6.45) is 0.793. The van der Waals surface area contributed by atoms with E-state index in [1.807, 2.05) is 13.8 Å². The molecule has 1 heterocycles. The molecule has 2 rings (SSSR count). The highest BCUT2D eigenvalue weighted by molar-refractivity contribution is 9.10. The fourth-order valence-corrected chi connectivity index (χ4v) is 5.88. The predicted molar refractivity (Wildman–Crippen MR) is 109 cm³/mol. The average Bonchev–Trinajstić information content (AvgIpc) is 2.53. The molecular weight excluding hydrogens is 432 g/mol. The highest BCUT2D eigenvalue weighted by Gasteiger charge is 2.30. The van der Waals surface area contributed by atoms with Crippen LogP contribution in [0, 0.1) is 5.41 Å². The topological polar surface area (TPSA) is 75.7 Å². The van der Waals surface area contributed by atoms with Crippen molar-refractivity contribution in [2.45, 2.75) is 51.5 Å². The number of morpholine rings is 1. The maximum atomic E-state index is 13.0. The van der Waals surface area contributed by atoms with Gasteiger partial charge in [0.1, 0.15) is 0 Å². The van der Waals surface area contributed by atoms with Gasteiger partial charge >= 0.3 is 0 Å². The third kappa shape index (κ3) is 6.01. The number of hydrogen-bond donors (Lipinski definition) is 1. The van der Waals surface area contributed by atoms with E-state index in [2.05, 4.69) is 42.0 Å². The summed E-state index contributed by atoms with van der Waals surface area (Å²) in [4.78, 5) is 12.9. The lowest BCUT2D eigenvalue weighted by atomic mass is 9.81. The van der Waals surface area contributed by atoms with Crippen molar-refractivity contribution in [2.24, 2.45) is 5.41 Å². The molecule has 1 aromatic carbocycles. The van der Waals surface area contributed by atoms with E-state index in [0.29, 0.717) is 36.3 Å². The van der Waals surface area contributed by atoms with Crippen LogP contribution >= 0.6 is 15.9 Å². The average molecular weight is 461 g/mol. The van der Waals surface area contributed by atoms with Gasteiger partial charge in [-0.25, -0.2) is 8.42 Å². The molecular formula is C19H29BrN2O4S. The van der Waals surface area contributed by atoms with Gasteiger partial charge in [0, 0.05) is 28.7 Å². The Kier molecular flexibility index (Phi) is 6.77. The van der Waals surface area contributed by atoms with E-state index < -0.39 is 15.6 Å². The van der Waals surface area contributed by atoms with Crippen LogP contribution in [0.3, 0.4) is 0 Å². The third-order valence-corrected chi connectivity index (χ3v) is 7.10. The highest BCUT2D eigenvalue weighted by Crippen LogP contribution is 2.29. The number of halogens is 1. The zero-order valence-electron chi connectivity index (χ0n) is 16.6. The number of amides is 1. The largest absolute Gasteiger partial charge is 0.379 e. The summed E-state index contributed by atoms with van der Waals surface area (Å²) in [6, 6.07) is 4.68. The second-order valence-electron chi connectivity index (χ2n) is 8.74. The molecule has 8 heteroatoms. The number of rotatable bonds is 5. The van der Waals surface area contributed by atoms with E-state index in [0.717, 1.165) is 6.42 Å². The quantitative estimate of drug-likeness (QED) is 0.729. The van der Waals surface area contributed by atoms with Crippen LogP contribution in [0.5, 0.6) is 0 Å². The Bertz CT molecular complexity index is 794. The SMILES string of the molecule is CC(C)(C)CC(C)(C)NC(=O)c1ccc(Br)c(S(=O)(=O)N2CCOCC2)c1. The van der Waals surface area contributed by atoms with Gasteiger partial charge in [-0.05, 0) is 59.8 Å². The Balaban J connectivity index is 2.27. The van der Waals surface area contributed by atoms with Gasteiger partial charge in [0.15, 0.2) is 0 Å². The maximum absolute atomic E-state index is 13.0. The number of benzene rings is 1. The molecule has 0 aromatic heterocycles. The van der Waals surface area contributed by atoms with E-state index in [1.54, 1.807) is 12.1 Å². The van der Waals surface area contributed by atoms with Crippen molar-refractivity contribution >= 4 is 31.9 Å². The summed E-state index contributed by atoms with van der Waals surface area (Å²) in [6.45, 7) is 11.7.